The molecule has 0 aromatic carbocycles. The number of amidine groups is 1. The number of nitrogens with zero attached hydrogens (tertiary/aromatic N) is 1. The van der Waals surface area contributed by atoms with Crippen LogP contribution in [0.5, 0.6) is 0 Å². The van der Waals surface area contributed by atoms with E-state index in [0.717, 1.165) is 19.3 Å². The van der Waals surface area contributed by atoms with Crippen LogP contribution in [-0.2, 0) is 0 Å². The molecule has 0 aromatic rings. The summed E-state index contributed by atoms with van der Waals surface area (Å²) in [4.78, 5) is 1.69. The minimum absolute atomic E-state index is 0.0413. The molecule has 0 rings (SSSR count). The number of hydrogen-bond donors (Lipinski definition) is 2. The molecule has 0 fully saturated rings. The van der Waals surface area contributed by atoms with Crippen molar-refractivity contribution in [2.75, 3.05) is 20.1 Å². The van der Waals surface area contributed by atoms with E-state index < -0.39 is 12.6 Å². The van der Waals surface area contributed by atoms with Gasteiger partial charge in [-0.1, -0.05) is 20.3 Å². The molecule has 0 spiro atoms. The van der Waals surface area contributed by atoms with Gasteiger partial charge in [0.15, 0.2) is 0 Å². The molecule has 3 N–H and O–H groups in total. The summed E-state index contributed by atoms with van der Waals surface area (Å²) in [5.74, 6) is 0.160. The Kier molecular flexibility index (Phi) is 6.67. The van der Waals surface area contributed by atoms with Gasteiger partial charge in [0.05, 0.1) is 12.3 Å². The van der Waals surface area contributed by atoms with Crippen LogP contribution >= 0.6 is 0 Å². The van der Waals surface area contributed by atoms with Gasteiger partial charge in [0.25, 0.3) is 0 Å². The lowest BCUT2D eigenvalue weighted by molar-refractivity contribution is -0.137. The number of nitrogens with one attached hydrogen (secondary N) is 1. The molecule has 0 bridgehead atoms. The lowest BCUT2D eigenvalue weighted by Gasteiger charge is -2.23. The molecule has 0 atom stereocenters. The van der Waals surface area contributed by atoms with Gasteiger partial charge in [0.2, 0.25) is 0 Å². The first kappa shape index (κ1) is 17.2. The predicted octanol–water partition coefficient (Wildman–Crippen LogP) is 3.00. The molecule has 0 saturated carbocycles. The molecule has 0 radical (unpaired) electrons. The Morgan fingerprint density at radius 2 is 1.67 bits per heavy atom. The van der Waals surface area contributed by atoms with Crippen molar-refractivity contribution in [3.63, 3.8) is 0 Å². The van der Waals surface area contributed by atoms with Gasteiger partial charge in [-0.05, 0) is 26.4 Å². The van der Waals surface area contributed by atoms with Crippen molar-refractivity contribution >= 4 is 5.84 Å². The monoisotopic (exact) mass is 267 g/mol. The summed E-state index contributed by atoms with van der Waals surface area (Å²) in [6, 6.07) is 0. The van der Waals surface area contributed by atoms with Crippen LogP contribution in [0.2, 0.25) is 0 Å². The Hall–Kier alpha value is -0.780. The SMILES string of the molecule is CN(CCCCC(C)(C)C(=N)N)CCC(F)(F)F. The summed E-state index contributed by atoms with van der Waals surface area (Å²) in [5, 5.41) is 7.39. The Bertz CT molecular complexity index is 262. The zero-order valence-electron chi connectivity index (χ0n) is 11.4. The van der Waals surface area contributed by atoms with Crippen LogP contribution in [0.25, 0.3) is 0 Å². The van der Waals surface area contributed by atoms with Crippen LogP contribution in [0, 0.1) is 10.8 Å². The van der Waals surface area contributed by atoms with Crippen molar-refractivity contribution in [1.82, 2.24) is 4.90 Å². The van der Waals surface area contributed by atoms with Crippen LogP contribution in [0.1, 0.15) is 39.5 Å². The highest BCUT2D eigenvalue weighted by Gasteiger charge is 2.27. The topological polar surface area (TPSA) is 53.1 Å². The minimum Gasteiger partial charge on any atom is -0.387 e. The highest BCUT2D eigenvalue weighted by atomic mass is 19.4. The van der Waals surface area contributed by atoms with E-state index >= 15 is 0 Å². The quantitative estimate of drug-likeness (QED) is 0.403. The third-order valence-electron chi connectivity index (χ3n) is 3.10. The first-order valence-corrected chi connectivity index (χ1v) is 6.14. The number of nitrogens with two attached hydrogens (primary N) is 1. The second-order valence-electron chi connectivity index (χ2n) is 5.42. The molecule has 0 aliphatic rings. The maximum atomic E-state index is 12.0. The van der Waals surface area contributed by atoms with E-state index in [1.54, 1.807) is 11.9 Å². The summed E-state index contributed by atoms with van der Waals surface area (Å²) < 4.78 is 36.0. The van der Waals surface area contributed by atoms with E-state index in [1.165, 1.54) is 0 Å². The highest BCUT2D eigenvalue weighted by Crippen LogP contribution is 2.23. The molecule has 108 valence electrons. The number of unbranched alkanes of at least 4 members (excludes halogenated alkanes) is 1. The molecule has 0 amide bonds. The van der Waals surface area contributed by atoms with Gasteiger partial charge in [-0.15, -0.1) is 0 Å². The zero-order valence-corrected chi connectivity index (χ0v) is 11.4. The van der Waals surface area contributed by atoms with Crippen molar-refractivity contribution in [2.45, 2.75) is 45.7 Å². The van der Waals surface area contributed by atoms with E-state index in [9.17, 15) is 13.2 Å². The maximum absolute atomic E-state index is 12.0. The third kappa shape index (κ3) is 8.33. The van der Waals surface area contributed by atoms with Crippen molar-refractivity contribution in [3.05, 3.63) is 0 Å². The maximum Gasteiger partial charge on any atom is 0.390 e. The van der Waals surface area contributed by atoms with E-state index in [2.05, 4.69) is 0 Å². The Labute approximate surface area is 107 Å². The highest BCUT2D eigenvalue weighted by molar-refractivity contribution is 5.82. The normalized spacial score (nSPS) is 13.1. The van der Waals surface area contributed by atoms with E-state index in [4.69, 9.17) is 11.1 Å². The molecule has 3 nitrogen and oxygen atoms in total. The second-order valence-corrected chi connectivity index (χ2v) is 5.42. The van der Waals surface area contributed by atoms with Crippen LogP contribution in [0.3, 0.4) is 0 Å². The molecule has 0 aromatic heterocycles. The average molecular weight is 267 g/mol. The van der Waals surface area contributed by atoms with Crippen LogP contribution in [-0.4, -0.2) is 37.0 Å². The molecule has 18 heavy (non-hydrogen) atoms. The van der Waals surface area contributed by atoms with Gasteiger partial charge in [-0.3, -0.25) is 5.41 Å². The van der Waals surface area contributed by atoms with Gasteiger partial charge < -0.3 is 10.6 Å². The van der Waals surface area contributed by atoms with E-state index in [1.807, 2.05) is 13.8 Å². The molecular weight excluding hydrogens is 243 g/mol. The van der Waals surface area contributed by atoms with E-state index in [-0.39, 0.29) is 17.8 Å². The Balaban J connectivity index is 3.70. The molecular formula is C12H24F3N3. The van der Waals surface area contributed by atoms with Crippen LogP contribution in [0.15, 0.2) is 0 Å². The van der Waals surface area contributed by atoms with Gasteiger partial charge in [0, 0.05) is 12.0 Å². The summed E-state index contributed by atoms with van der Waals surface area (Å²) >= 11 is 0. The summed E-state index contributed by atoms with van der Waals surface area (Å²) in [7, 11) is 1.70. The lowest BCUT2D eigenvalue weighted by atomic mass is 9.86. The van der Waals surface area contributed by atoms with Gasteiger partial charge in [-0.25, -0.2) is 0 Å². The number of hydrogen-bond acceptors (Lipinski definition) is 2. The zero-order chi connectivity index (χ0) is 14.4. The van der Waals surface area contributed by atoms with Gasteiger partial charge in [0.1, 0.15) is 0 Å². The lowest BCUT2D eigenvalue weighted by Crippen LogP contribution is -2.31. The first-order valence-electron chi connectivity index (χ1n) is 6.14. The second kappa shape index (κ2) is 6.97. The van der Waals surface area contributed by atoms with Gasteiger partial charge >= 0.3 is 6.18 Å². The summed E-state index contributed by atoms with van der Waals surface area (Å²) in [6.45, 7) is 4.50. The predicted molar refractivity (Wildman–Crippen MR) is 67.7 cm³/mol. The average Bonchev–Trinajstić information content (AvgIpc) is 2.20. The summed E-state index contributed by atoms with van der Waals surface area (Å²) in [6.07, 6.45) is -2.36. The summed E-state index contributed by atoms with van der Waals surface area (Å²) in [5.41, 5.74) is 5.14. The molecule has 0 unspecified atom stereocenters. The van der Waals surface area contributed by atoms with Crippen molar-refractivity contribution in [2.24, 2.45) is 11.1 Å². The fourth-order valence-electron chi connectivity index (χ4n) is 1.51. The largest absolute Gasteiger partial charge is 0.390 e. The third-order valence-corrected chi connectivity index (χ3v) is 3.10. The molecule has 0 aliphatic heterocycles. The number of alkyl halides is 3. The van der Waals surface area contributed by atoms with Crippen molar-refractivity contribution < 1.29 is 13.2 Å². The number of halogens is 3. The standard InChI is InChI=1S/C12H24F3N3/c1-11(2,10(16)17)6-4-5-8-18(3)9-7-12(13,14)15/h4-9H2,1-3H3,(H3,16,17). The van der Waals surface area contributed by atoms with Crippen molar-refractivity contribution in [3.8, 4) is 0 Å². The minimum atomic E-state index is -4.08. The number of rotatable bonds is 8. The van der Waals surface area contributed by atoms with Crippen LogP contribution < -0.4 is 5.73 Å². The van der Waals surface area contributed by atoms with Gasteiger partial charge in [-0.2, -0.15) is 13.2 Å². The smallest absolute Gasteiger partial charge is 0.387 e. The van der Waals surface area contributed by atoms with Crippen molar-refractivity contribution in [1.29, 1.82) is 5.41 Å². The fourth-order valence-corrected chi connectivity index (χ4v) is 1.51. The molecule has 0 saturated heterocycles. The Morgan fingerprint density at radius 3 is 2.11 bits per heavy atom. The molecule has 6 heteroatoms. The van der Waals surface area contributed by atoms with Crippen LogP contribution in [0.4, 0.5) is 13.2 Å². The Morgan fingerprint density at radius 1 is 1.11 bits per heavy atom. The fraction of sp³-hybridized carbons (Fsp3) is 0.917. The first-order chi connectivity index (χ1) is 8.04. The molecule has 0 heterocycles. The van der Waals surface area contributed by atoms with E-state index in [0.29, 0.717) is 6.54 Å². The molecule has 0 aliphatic carbocycles.